The van der Waals surface area contributed by atoms with Crippen molar-refractivity contribution in [2.24, 2.45) is 7.05 Å². The van der Waals surface area contributed by atoms with E-state index in [9.17, 15) is 19.7 Å². The number of nitro benzene ring substituents is 1. The zero-order valence-electron chi connectivity index (χ0n) is 16.5. The molecule has 3 aromatic rings. The van der Waals surface area contributed by atoms with Gasteiger partial charge in [-0.05, 0) is 30.3 Å². The van der Waals surface area contributed by atoms with Crippen molar-refractivity contribution in [1.29, 1.82) is 0 Å². The van der Waals surface area contributed by atoms with Crippen molar-refractivity contribution in [3.63, 3.8) is 0 Å². The molecule has 0 atom stereocenters. The predicted molar refractivity (Wildman–Crippen MR) is 122 cm³/mol. The quantitative estimate of drug-likeness (QED) is 0.275. The Morgan fingerprint density at radius 2 is 1.81 bits per heavy atom. The van der Waals surface area contributed by atoms with Gasteiger partial charge in [0.1, 0.15) is 5.82 Å². The fraction of sp³-hybridized carbons (Fsp3) is 0.158. The van der Waals surface area contributed by atoms with E-state index in [0.29, 0.717) is 21.7 Å². The molecule has 0 unspecified atom stereocenters. The molecule has 0 radical (unpaired) electrons. The van der Waals surface area contributed by atoms with E-state index in [4.69, 9.17) is 23.2 Å². The summed E-state index contributed by atoms with van der Waals surface area (Å²) in [7, 11) is 1.68. The third-order valence-corrected chi connectivity index (χ3v) is 5.74. The molecule has 0 fully saturated rings. The Morgan fingerprint density at radius 1 is 1.09 bits per heavy atom. The molecular weight excluding hydrogens is 479 g/mol. The minimum Gasteiger partial charge on any atom is -0.326 e. The number of anilines is 2. The van der Waals surface area contributed by atoms with Crippen LogP contribution in [0.4, 0.5) is 17.1 Å². The molecule has 2 aromatic carbocycles. The van der Waals surface area contributed by atoms with Gasteiger partial charge in [0, 0.05) is 29.9 Å². The van der Waals surface area contributed by atoms with Crippen LogP contribution in [0.1, 0.15) is 5.82 Å². The highest BCUT2D eigenvalue weighted by atomic mass is 35.5. The summed E-state index contributed by atoms with van der Waals surface area (Å²) in [5.41, 5.74) is 0.559. The number of nitrogens with zero attached hydrogens (tertiary/aromatic N) is 4. The summed E-state index contributed by atoms with van der Waals surface area (Å²) in [5, 5.41) is 25.3. The van der Waals surface area contributed by atoms with Crippen LogP contribution in [0, 0.1) is 10.1 Å². The largest absolute Gasteiger partial charge is 0.326 e. The second-order valence-corrected chi connectivity index (χ2v) is 8.23. The monoisotopic (exact) mass is 494 g/mol. The minimum absolute atomic E-state index is 0.0117. The summed E-state index contributed by atoms with van der Waals surface area (Å²) in [4.78, 5) is 34.8. The van der Waals surface area contributed by atoms with E-state index in [1.165, 1.54) is 18.2 Å². The van der Waals surface area contributed by atoms with Crippen molar-refractivity contribution in [1.82, 2.24) is 14.8 Å². The van der Waals surface area contributed by atoms with Gasteiger partial charge in [-0.2, -0.15) is 0 Å². The molecule has 1 heterocycles. The SMILES string of the molecule is Cn1c(CC(=O)Nc2ccc(Cl)cc2)nnc1SCC(=O)Nc1cc([N+](=O)[O-])ccc1Cl. The molecule has 0 bridgehead atoms. The Hall–Kier alpha value is -3.15. The Balaban J connectivity index is 1.56. The average Bonchev–Trinajstić information content (AvgIpc) is 3.09. The molecule has 0 aliphatic heterocycles. The molecule has 3 rings (SSSR count). The minimum atomic E-state index is -0.578. The molecule has 0 saturated carbocycles. The lowest BCUT2D eigenvalue weighted by molar-refractivity contribution is -0.384. The third kappa shape index (κ3) is 6.19. The number of hydrogen-bond acceptors (Lipinski definition) is 7. The highest BCUT2D eigenvalue weighted by Gasteiger charge is 2.16. The summed E-state index contributed by atoms with van der Waals surface area (Å²) in [6.45, 7) is 0. The van der Waals surface area contributed by atoms with Crippen LogP contribution in [0.3, 0.4) is 0 Å². The lowest BCUT2D eigenvalue weighted by atomic mass is 10.3. The second kappa shape index (κ2) is 10.4. The smallest absolute Gasteiger partial charge is 0.271 e. The van der Waals surface area contributed by atoms with Crippen LogP contribution in [-0.2, 0) is 23.1 Å². The van der Waals surface area contributed by atoms with E-state index in [2.05, 4.69) is 20.8 Å². The molecule has 0 saturated heterocycles. The first kappa shape index (κ1) is 23.5. The topological polar surface area (TPSA) is 132 Å². The molecule has 32 heavy (non-hydrogen) atoms. The van der Waals surface area contributed by atoms with Gasteiger partial charge >= 0.3 is 0 Å². The van der Waals surface area contributed by atoms with E-state index in [0.717, 1.165) is 11.8 Å². The maximum absolute atomic E-state index is 12.3. The molecule has 2 amide bonds. The van der Waals surface area contributed by atoms with Crippen LogP contribution >= 0.6 is 35.0 Å². The fourth-order valence-electron chi connectivity index (χ4n) is 2.55. The van der Waals surface area contributed by atoms with Crippen molar-refractivity contribution < 1.29 is 14.5 Å². The van der Waals surface area contributed by atoms with Crippen LogP contribution in [0.15, 0.2) is 47.6 Å². The lowest BCUT2D eigenvalue weighted by Crippen LogP contribution is -2.17. The van der Waals surface area contributed by atoms with E-state index < -0.39 is 10.8 Å². The van der Waals surface area contributed by atoms with Gasteiger partial charge in [0.25, 0.3) is 5.69 Å². The molecular formula is C19H16Cl2N6O4S. The molecule has 166 valence electrons. The van der Waals surface area contributed by atoms with E-state index in [1.807, 2.05) is 0 Å². The molecule has 0 aliphatic rings. The number of hydrogen-bond donors (Lipinski definition) is 2. The number of thioether (sulfide) groups is 1. The molecule has 0 spiro atoms. The van der Waals surface area contributed by atoms with Gasteiger partial charge < -0.3 is 15.2 Å². The van der Waals surface area contributed by atoms with Gasteiger partial charge in [0.2, 0.25) is 11.8 Å². The number of halogens is 2. The number of carbonyl (C=O) groups excluding carboxylic acids is 2. The Morgan fingerprint density at radius 3 is 2.50 bits per heavy atom. The number of rotatable bonds is 8. The molecule has 1 aromatic heterocycles. The van der Waals surface area contributed by atoms with Crippen LogP contribution in [0.25, 0.3) is 0 Å². The average molecular weight is 495 g/mol. The second-order valence-electron chi connectivity index (χ2n) is 6.45. The molecule has 2 N–H and O–H groups in total. The number of nitro groups is 1. The van der Waals surface area contributed by atoms with Gasteiger partial charge in [-0.1, -0.05) is 35.0 Å². The molecule has 10 nitrogen and oxygen atoms in total. The summed E-state index contributed by atoms with van der Waals surface area (Å²) in [6.07, 6.45) is -0.0117. The Labute approximate surface area is 196 Å². The number of carbonyl (C=O) groups is 2. The molecule has 0 aliphatic carbocycles. The van der Waals surface area contributed by atoms with Crippen molar-refractivity contribution in [2.45, 2.75) is 11.6 Å². The normalized spacial score (nSPS) is 10.6. The Kier molecular flexibility index (Phi) is 7.67. The highest BCUT2D eigenvalue weighted by molar-refractivity contribution is 7.99. The standard InChI is InChI=1S/C19H16Cl2N6O4S/c1-26-16(9-17(28)22-12-4-2-11(20)3-5-12)24-25-19(26)32-10-18(29)23-15-8-13(27(30)31)6-7-14(15)21/h2-8H,9-10H2,1H3,(H,22,28)(H,23,29). The van der Waals surface area contributed by atoms with Gasteiger partial charge in [0.05, 0.1) is 27.8 Å². The maximum Gasteiger partial charge on any atom is 0.271 e. The third-order valence-electron chi connectivity index (χ3n) is 4.14. The van der Waals surface area contributed by atoms with Crippen LogP contribution in [0.2, 0.25) is 10.0 Å². The zero-order chi connectivity index (χ0) is 23.3. The van der Waals surface area contributed by atoms with Crippen molar-refractivity contribution in [3.05, 3.63) is 68.4 Å². The number of nitrogens with one attached hydrogen (secondary N) is 2. The fourth-order valence-corrected chi connectivity index (χ4v) is 3.57. The first-order valence-corrected chi connectivity index (χ1v) is 10.8. The van der Waals surface area contributed by atoms with Gasteiger partial charge in [0.15, 0.2) is 5.16 Å². The summed E-state index contributed by atoms with van der Waals surface area (Å²) in [5.74, 6) is -0.330. The van der Waals surface area contributed by atoms with Gasteiger partial charge in [-0.25, -0.2) is 0 Å². The number of non-ortho nitro benzene ring substituents is 1. The van der Waals surface area contributed by atoms with E-state index >= 15 is 0 Å². The van der Waals surface area contributed by atoms with Crippen LogP contribution in [0.5, 0.6) is 0 Å². The van der Waals surface area contributed by atoms with E-state index in [1.54, 1.807) is 35.9 Å². The van der Waals surface area contributed by atoms with Crippen molar-refractivity contribution >= 4 is 63.8 Å². The number of amides is 2. The summed E-state index contributed by atoms with van der Waals surface area (Å²) in [6, 6.07) is 10.5. The van der Waals surface area contributed by atoms with Crippen molar-refractivity contribution in [3.8, 4) is 0 Å². The number of benzene rings is 2. The first-order chi connectivity index (χ1) is 15.2. The summed E-state index contributed by atoms with van der Waals surface area (Å²) >= 11 is 12.9. The Bertz CT molecular complexity index is 1170. The summed E-state index contributed by atoms with van der Waals surface area (Å²) < 4.78 is 1.61. The first-order valence-electron chi connectivity index (χ1n) is 9.03. The van der Waals surface area contributed by atoms with Gasteiger partial charge in [-0.15, -0.1) is 10.2 Å². The van der Waals surface area contributed by atoms with Gasteiger partial charge in [-0.3, -0.25) is 19.7 Å². The maximum atomic E-state index is 12.3. The zero-order valence-corrected chi connectivity index (χ0v) is 18.9. The van der Waals surface area contributed by atoms with Crippen LogP contribution in [-0.4, -0.2) is 37.3 Å². The van der Waals surface area contributed by atoms with E-state index in [-0.39, 0.29) is 34.5 Å². The highest BCUT2D eigenvalue weighted by Crippen LogP contribution is 2.27. The predicted octanol–water partition coefficient (Wildman–Crippen LogP) is 3.94. The van der Waals surface area contributed by atoms with Crippen molar-refractivity contribution in [2.75, 3.05) is 16.4 Å². The lowest BCUT2D eigenvalue weighted by Gasteiger charge is -2.07. The molecule has 13 heteroatoms. The number of aromatic nitrogens is 3. The van der Waals surface area contributed by atoms with Crippen LogP contribution < -0.4 is 10.6 Å².